The summed E-state index contributed by atoms with van der Waals surface area (Å²) < 4.78 is 12.7. The van der Waals surface area contributed by atoms with Crippen molar-refractivity contribution in [1.29, 1.82) is 0 Å². The third kappa shape index (κ3) is 5.60. The molecule has 0 unspecified atom stereocenters. The molecule has 152 valence electrons. The Kier molecular flexibility index (Phi) is 6.22. The third-order valence-electron chi connectivity index (χ3n) is 4.24. The van der Waals surface area contributed by atoms with Gasteiger partial charge in [0.2, 0.25) is 0 Å². The number of esters is 1. The first-order valence-electron chi connectivity index (χ1n) is 9.59. The second-order valence-electron chi connectivity index (χ2n) is 7.74. The van der Waals surface area contributed by atoms with Gasteiger partial charge in [0.25, 0.3) is 0 Å². The Morgan fingerprint density at radius 2 is 1.69 bits per heavy atom. The molecule has 3 rings (SSSR count). The lowest BCUT2D eigenvalue weighted by Crippen LogP contribution is -2.34. The smallest absolute Gasteiger partial charge is 0.407 e. The number of benzene rings is 2. The maximum Gasteiger partial charge on any atom is 0.407 e. The quantitative estimate of drug-likeness (QED) is 0.624. The van der Waals surface area contributed by atoms with E-state index in [1.165, 1.54) is 0 Å². The van der Waals surface area contributed by atoms with Gasteiger partial charge in [-0.15, -0.1) is 0 Å². The predicted octanol–water partition coefficient (Wildman–Crippen LogP) is 4.52. The number of amides is 1. The lowest BCUT2D eigenvalue weighted by molar-refractivity contribution is 0.0472. The number of ether oxygens (including phenoxy) is 2. The topological polar surface area (TPSA) is 69.6 Å². The van der Waals surface area contributed by atoms with Gasteiger partial charge in [-0.05, 0) is 32.4 Å². The number of carbonyl (C=O) groups is 2. The van der Waals surface area contributed by atoms with Gasteiger partial charge in [-0.25, -0.2) is 9.59 Å². The Bertz CT molecular complexity index is 987. The molecule has 0 aliphatic carbocycles. The number of aromatic nitrogens is 1. The van der Waals surface area contributed by atoms with Crippen LogP contribution in [0.2, 0.25) is 0 Å². The van der Waals surface area contributed by atoms with Crippen LogP contribution in [-0.2, 0) is 22.6 Å². The Hall–Kier alpha value is -3.28. The fourth-order valence-electron chi connectivity index (χ4n) is 2.99. The molecule has 1 N–H and O–H groups in total. The van der Waals surface area contributed by atoms with E-state index in [0.29, 0.717) is 18.7 Å². The Morgan fingerprint density at radius 3 is 2.41 bits per heavy atom. The van der Waals surface area contributed by atoms with Gasteiger partial charge in [-0.2, -0.15) is 0 Å². The van der Waals surface area contributed by atoms with Crippen molar-refractivity contribution in [3.8, 4) is 0 Å². The highest BCUT2D eigenvalue weighted by Crippen LogP contribution is 2.22. The zero-order valence-electron chi connectivity index (χ0n) is 17.0. The van der Waals surface area contributed by atoms with E-state index in [0.717, 1.165) is 16.5 Å². The molecule has 1 heterocycles. The minimum atomic E-state index is -0.542. The van der Waals surface area contributed by atoms with Crippen LogP contribution < -0.4 is 5.32 Å². The highest BCUT2D eigenvalue weighted by Gasteiger charge is 2.18. The molecule has 0 fully saturated rings. The van der Waals surface area contributed by atoms with Crippen LogP contribution in [0.3, 0.4) is 0 Å². The lowest BCUT2D eigenvalue weighted by atomic mass is 10.2. The Labute approximate surface area is 170 Å². The van der Waals surface area contributed by atoms with Crippen molar-refractivity contribution in [2.45, 2.75) is 39.5 Å². The molecule has 0 saturated heterocycles. The highest BCUT2D eigenvalue weighted by atomic mass is 16.6. The molecule has 0 aliphatic heterocycles. The normalized spacial score (nSPS) is 11.3. The maximum absolute atomic E-state index is 12.7. The van der Waals surface area contributed by atoms with Crippen molar-refractivity contribution in [2.24, 2.45) is 0 Å². The summed E-state index contributed by atoms with van der Waals surface area (Å²) in [7, 11) is 0. The number of carbonyl (C=O) groups excluding carboxylic acids is 2. The zero-order chi connectivity index (χ0) is 20.9. The first-order valence-corrected chi connectivity index (χ1v) is 9.59. The number of nitrogens with one attached hydrogen (secondary N) is 1. The summed E-state index contributed by atoms with van der Waals surface area (Å²) in [5.41, 5.74) is 1.81. The fourth-order valence-corrected chi connectivity index (χ4v) is 2.99. The number of nitrogens with zero attached hydrogens (tertiary/aromatic N) is 1. The van der Waals surface area contributed by atoms with Gasteiger partial charge in [0.1, 0.15) is 12.2 Å². The van der Waals surface area contributed by atoms with Crippen LogP contribution in [-0.4, -0.2) is 28.8 Å². The van der Waals surface area contributed by atoms with E-state index < -0.39 is 11.7 Å². The van der Waals surface area contributed by atoms with Crippen LogP contribution in [0.5, 0.6) is 0 Å². The van der Waals surface area contributed by atoms with E-state index in [9.17, 15) is 9.59 Å². The van der Waals surface area contributed by atoms with Gasteiger partial charge in [-0.1, -0.05) is 48.5 Å². The van der Waals surface area contributed by atoms with Gasteiger partial charge < -0.3 is 19.4 Å². The maximum atomic E-state index is 12.7. The Balaban J connectivity index is 1.68. The third-order valence-corrected chi connectivity index (χ3v) is 4.24. The van der Waals surface area contributed by atoms with Crippen LogP contribution in [0.25, 0.3) is 10.9 Å². The lowest BCUT2D eigenvalue weighted by Gasteiger charge is -2.19. The molecule has 0 bridgehead atoms. The first kappa shape index (κ1) is 20.5. The molecule has 6 nitrogen and oxygen atoms in total. The van der Waals surface area contributed by atoms with E-state index in [1.54, 1.807) is 6.20 Å². The van der Waals surface area contributed by atoms with Crippen molar-refractivity contribution in [2.75, 3.05) is 6.54 Å². The van der Waals surface area contributed by atoms with E-state index >= 15 is 0 Å². The molecular formula is C23H26N2O4. The number of hydrogen-bond acceptors (Lipinski definition) is 4. The summed E-state index contributed by atoms with van der Waals surface area (Å²) in [6.45, 7) is 6.56. The number of hydrogen-bond donors (Lipinski definition) is 1. The molecule has 0 spiro atoms. The highest BCUT2D eigenvalue weighted by molar-refractivity contribution is 6.04. The minimum absolute atomic E-state index is 0.222. The molecule has 0 aliphatic rings. The number of fused-ring (bicyclic) bond motifs is 1. The van der Waals surface area contributed by atoms with Crippen LogP contribution in [0.15, 0.2) is 60.8 Å². The Morgan fingerprint density at radius 1 is 1.00 bits per heavy atom. The first-order chi connectivity index (χ1) is 13.8. The number of alkyl carbamates (subject to hydrolysis) is 1. The molecular weight excluding hydrogens is 368 g/mol. The van der Waals surface area contributed by atoms with Crippen LogP contribution >= 0.6 is 0 Å². The summed E-state index contributed by atoms with van der Waals surface area (Å²) in [5, 5.41) is 3.56. The van der Waals surface area contributed by atoms with Crippen LogP contribution in [0.4, 0.5) is 4.79 Å². The van der Waals surface area contributed by atoms with Gasteiger partial charge in [-0.3, -0.25) is 0 Å². The van der Waals surface area contributed by atoms with E-state index in [-0.39, 0.29) is 12.6 Å². The molecule has 0 saturated carbocycles. The summed E-state index contributed by atoms with van der Waals surface area (Å²) in [6, 6.07) is 17.2. The molecule has 1 aromatic heterocycles. The second-order valence-corrected chi connectivity index (χ2v) is 7.74. The molecule has 1 amide bonds. The molecule has 29 heavy (non-hydrogen) atoms. The minimum Gasteiger partial charge on any atom is -0.457 e. The van der Waals surface area contributed by atoms with Crippen molar-refractivity contribution >= 4 is 23.0 Å². The average Bonchev–Trinajstić information content (AvgIpc) is 3.04. The monoisotopic (exact) mass is 394 g/mol. The fraction of sp³-hybridized carbons (Fsp3) is 0.304. The summed E-state index contributed by atoms with van der Waals surface area (Å²) in [4.78, 5) is 24.5. The summed E-state index contributed by atoms with van der Waals surface area (Å²) in [5.74, 6) is -0.371. The molecule has 6 heteroatoms. The molecule has 2 aromatic carbocycles. The zero-order valence-corrected chi connectivity index (χ0v) is 17.0. The van der Waals surface area contributed by atoms with Gasteiger partial charge >= 0.3 is 12.1 Å². The SMILES string of the molecule is CC(C)(C)OC(=O)NCCn1cc(C(=O)OCc2ccccc2)c2ccccc21. The van der Waals surface area contributed by atoms with Crippen molar-refractivity contribution in [3.05, 3.63) is 71.9 Å². The van der Waals surface area contributed by atoms with E-state index in [1.807, 2.05) is 79.9 Å². The van der Waals surface area contributed by atoms with Crippen molar-refractivity contribution in [1.82, 2.24) is 9.88 Å². The molecule has 0 radical (unpaired) electrons. The second kappa shape index (κ2) is 8.82. The summed E-state index contributed by atoms with van der Waals surface area (Å²) >= 11 is 0. The van der Waals surface area contributed by atoms with Crippen molar-refractivity contribution < 1.29 is 19.1 Å². The van der Waals surface area contributed by atoms with Gasteiger partial charge in [0.05, 0.1) is 5.56 Å². The van der Waals surface area contributed by atoms with E-state index in [4.69, 9.17) is 9.47 Å². The predicted molar refractivity (Wildman–Crippen MR) is 112 cm³/mol. The summed E-state index contributed by atoms with van der Waals surface area (Å²) in [6.07, 6.45) is 1.31. The van der Waals surface area contributed by atoms with Gasteiger partial charge in [0.15, 0.2) is 0 Å². The van der Waals surface area contributed by atoms with Crippen LogP contribution in [0.1, 0.15) is 36.7 Å². The standard InChI is InChI=1S/C23H26N2O4/c1-23(2,3)29-22(27)24-13-14-25-15-19(18-11-7-8-12-20(18)25)21(26)28-16-17-9-5-4-6-10-17/h4-12,15H,13-14,16H2,1-3H3,(H,24,27). The van der Waals surface area contributed by atoms with E-state index in [2.05, 4.69) is 5.32 Å². The van der Waals surface area contributed by atoms with Gasteiger partial charge in [0, 0.05) is 30.2 Å². The van der Waals surface area contributed by atoms with Crippen LogP contribution in [0, 0.1) is 0 Å². The molecule has 0 atom stereocenters. The molecule has 3 aromatic rings. The largest absolute Gasteiger partial charge is 0.457 e. The number of rotatable bonds is 6. The average molecular weight is 394 g/mol. The van der Waals surface area contributed by atoms with Crippen molar-refractivity contribution in [3.63, 3.8) is 0 Å². The number of para-hydroxylation sites is 1.